The van der Waals surface area contributed by atoms with E-state index >= 15 is 0 Å². The van der Waals surface area contributed by atoms with E-state index in [1.807, 2.05) is 0 Å². The Morgan fingerprint density at radius 2 is 1.82 bits per heavy atom. The van der Waals surface area contributed by atoms with Crippen LogP contribution in [-0.4, -0.2) is 21.0 Å². The molecule has 0 aliphatic carbocycles. The van der Waals surface area contributed by atoms with E-state index in [-0.39, 0.29) is 28.7 Å². The molecule has 0 aliphatic rings. The quantitative estimate of drug-likeness (QED) is 0.526. The maximum absolute atomic E-state index is 12.6. The normalized spacial score (nSPS) is 11.3. The molecule has 144 valence electrons. The highest BCUT2D eigenvalue weighted by molar-refractivity contribution is 6.03. The summed E-state index contributed by atoms with van der Waals surface area (Å²) in [5.74, 6) is -0.815. The molecular formula is C17H11F3N4O4. The number of carbonyl (C=O) groups is 1. The van der Waals surface area contributed by atoms with Crippen LogP contribution in [0.4, 0.5) is 24.9 Å². The van der Waals surface area contributed by atoms with Crippen LogP contribution in [-0.2, 0) is 6.18 Å². The summed E-state index contributed by atoms with van der Waals surface area (Å²) < 4.78 is 43.0. The van der Waals surface area contributed by atoms with Gasteiger partial charge in [0.2, 0.25) is 5.89 Å². The van der Waals surface area contributed by atoms with Gasteiger partial charge >= 0.3 is 12.2 Å². The molecule has 8 nitrogen and oxygen atoms in total. The topological polar surface area (TPSA) is 111 Å². The number of nitro groups is 1. The smallest absolute Gasteiger partial charge is 0.403 e. The summed E-state index contributed by atoms with van der Waals surface area (Å²) in [5.41, 5.74) is -0.420. The molecule has 3 rings (SSSR count). The first-order valence-electron chi connectivity index (χ1n) is 7.72. The van der Waals surface area contributed by atoms with Gasteiger partial charge in [0, 0.05) is 22.8 Å². The van der Waals surface area contributed by atoms with Gasteiger partial charge < -0.3 is 4.42 Å². The summed E-state index contributed by atoms with van der Waals surface area (Å²) in [4.78, 5) is 22.6. The summed E-state index contributed by atoms with van der Waals surface area (Å²) in [5, 5.41) is 20.5. The van der Waals surface area contributed by atoms with Crippen LogP contribution in [0.5, 0.6) is 0 Å². The predicted octanol–water partition coefficient (Wildman–Crippen LogP) is 4.22. The number of alkyl halides is 3. The number of rotatable bonds is 4. The first-order chi connectivity index (χ1) is 13.1. The number of hydrogen-bond acceptors (Lipinski definition) is 6. The number of halogens is 3. The van der Waals surface area contributed by atoms with E-state index in [0.29, 0.717) is 5.56 Å². The molecule has 0 atom stereocenters. The van der Waals surface area contributed by atoms with E-state index in [0.717, 1.165) is 30.3 Å². The van der Waals surface area contributed by atoms with Gasteiger partial charge in [0.05, 0.1) is 10.5 Å². The summed E-state index contributed by atoms with van der Waals surface area (Å²) in [7, 11) is 0. The molecule has 0 fully saturated rings. The maximum atomic E-state index is 12.6. The van der Waals surface area contributed by atoms with Crippen molar-refractivity contribution >= 4 is 17.6 Å². The van der Waals surface area contributed by atoms with Crippen LogP contribution in [0.2, 0.25) is 0 Å². The molecule has 0 saturated carbocycles. The van der Waals surface area contributed by atoms with Crippen molar-refractivity contribution in [2.75, 3.05) is 5.32 Å². The third kappa shape index (κ3) is 3.98. The number of anilines is 1. The molecule has 11 heteroatoms. The molecule has 3 aromatic rings. The van der Waals surface area contributed by atoms with Crippen LogP contribution in [0.25, 0.3) is 11.5 Å². The van der Waals surface area contributed by atoms with Gasteiger partial charge in [-0.3, -0.25) is 20.2 Å². The Morgan fingerprint density at radius 1 is 1.14 bits per heavy atom. The molecule has 1 aromatic heterocycles. The number of aromatic nitrogens is 2. The van der Waals surface area contributed by atoms with Crippen LogP contribution < -0.4 is 5.32 Å². The summed E-state index contributed by atoms with van der Waals surface area (Å²) in [6.45, 7) is 1.54. The Hall–Kier alpha value is -3.76. The lowest BCUT2D eigenvalue weighted by atomic mass is 10.1. The molecule has 0 spiro atoms. The van der Waals surface area contributed by atoms with Crippen LogP contribution in [0.3, 0.4) is 0 Å². The maximum Gasteiger partial charge on any atom is 0.416 e. The molecule has 1 heterocycles. The van der Waals surface area contributed by atoms with E-state index in [1.54, 1.807) is 0 Å². The average molecular weight is 392 g/mol. The Morgan fingerprint density at radius 3 is 2.43 bits per heavy atom. The van der Waals surface area contributed by atoms with Gasteiger partial charge in [0.1, 0.15) is 0 Å². The van der Waals surface area contributed by atoms with E-state index < -0.39 is 22.6 Å². The van der Waals surface area contributed by atoms with Gasteiger partial charge in [-0.2, -0.15) is 13.2 Å². The Balaban J connectivity index is 1.77. The van der Waals surface area contributed by atoms with Gasteiger partial charge in [-0.1, -0.05) is 11.2 Å². The number of carbonyl (C=O) groups excluding carboxylic acids is 1. The predicted molar refractivity (Wildman–Crippen MR) is 90.5 cm³/mol. The minimum atomic E-state index is -4.47. The number of aryl methyl sites for hydroxylation is 1. The number of amides is 1. The fraction of sp³-hybridized carbons (Fsp3) is 0.118. The highest BCUT2D eigenvalue weighted by Crippen LogP contribution is 2.31. The largest absolute Gasteiger partial charge is 0.416 e. The molecule has 28 heavy (non-hydrogen) atoms. The zero-order valence-corrected chi connectivity index (χ0v) is 14.1. The Bertz CT molecular complexity index is 1050. The second kappa shape index (κ2) is 7.10. The van der Waals surface area contributed by atoms with Crippen molar-refractivity contribution in [1.29, 1.82) is 0 Å². The summed E-state index contributed by atoms with van der Waals surface area (Å²) >= 11 is 0. The zero-order valence-electron chi connectivity index (χ0n) is 14.1. The van der Waals surface area contributed by atoms with Crippen molar-refractivity contribution in [2.24, 2.45) is 0 Å². The first kappa shape index (κ1) is 19.0. The number of nitrogens with one attached hydrogen (secondary N) is 1. The standard InChI is InChI=1S/C17H11F3N4O4/c1-9-2-3-11(8-13(9)24(26)27)14(25)21-16-23-22-15(28-16)10-4-6-12(7-5-10)17(18,19)20/h2-8H,1H3,(H,21,23,25). The van der Waals surface area contributed by atoms with Crippen molar-refractivity contribution in [3.63, 3.8) is 0 Å². The molecular weight excluding hydrogens is 381 g/mol. The third-order valence-electron chi connectivity index (χ3n) is 3.77. The second-order valence-electron chi connectivity index (χ2n) is 5.70. The first-order valence-corrected chi connectivity index (χ1v) is 7.72. The van der Waals surface area contributed by atoms with Crippen molar-refractivity contribution in [3.05, 3.63) is 69.3 Å². The van der Waals surface area contributed by atoms with Gasteiger partial charge in [-0.15, -0.1) is 5.10 Å². The van der Waals surface area contributed by atoms with Gasteiger partial charge in [-0.05, 0) is 37.3 Å². The summed E-state index contributed by atoms with van der Waals surface area (Å²) in [6, 6.07) is 7.67. The lowest BCUT2D eigenvalue weighted by Gasteiger charge is -2.05. The molecule has 0 bridgehead atoms. The zero-order chi connectivity index (χ0) is 20.5. The molecule has 0 aliphatic heterocycles. The highest BCUT2D eigenvalue weighted by atomic mass is 19.4. The van der Waals surface area contributed by atoms with E-state index in [4.69, 9.17) is 4.42 Å². The van der Waals surface area contributed by atoms with Crippen molar-refractivity contribution in [2.45, 2.75) is 13.1 Å². The minimum absolute atomic E-state index is 0.00609. The van der Waals surface area contributed by atoms with Crippen molar-refractivity contribution in [1.82, 2.24) is 10.2 Å². The van der Waals surface area contributed by atoms with E-state index in [9.17, 15) is 28.1 Å². The average Bonchev–Trinajstić information content (AvgIpc) is 3.09. The van der Waals surface area contributed by atoms with Crippen molar-refractivity contribution < 1.29 is 27.3 Å². The Labute approximate surface area is 155 Å². The molecule has 0 saturated heterocycles. The number of nitro benzene ring substituents is 1. The SMILES string of the molecule is Cc1ccc(C(=O)Nc2nnc(-c3ccc(C(F)(F)F)cc3)o2)cc1[N+](=O)[O-]. The molecule has 2 aromatic carbocycles. The third-order valence-corrected chi connectivity index (χ3v) is 3.77. The molecule has 1 N–H and O–H groups in total. The Kier molecular flexibility index (Phi) is 4.82. The van der Waals surface area contributed by atoms with Crippen LogP contribution >= 0.6 is 0 Å². The monoisotopic (exact) mass is 392 g/mol. The van der Waals surface area contributed by atoms with Gasteiger partial charge in [0.25, 0.3) is 11.6 Å². The van der Waals surface area contributed by atoms with E-state index in [1.165, 1.54) is 19.1 Å². The fourth-order valence-corrected chi connectivity index (χ4v) is 2.31. The second-order valence-corrected chi connectivity index (χ2v) is 5.70. The van der Waals surface area contributed by atoms with Gasteiger partial charge in [-0.25, -0.2) is 0 Å². The lowest BCUT2D eigenvalue weighted by Crippen LogP contribution is -2.12. The minimum Gasteiger partial charge on any atom is -0.403 e. The van der Waals surface area contributed by atoms with Crippen LogP contribution in [0.15, 0.2) is 46.9 Å². The van der Waals surface area contributed by atoms with Crippen LogP contribution in [0, 0.1) is 17.0 Å². The van der Waals surface area contributed by atoms with Crippen molar-refractivity contribution in [3.8, 4) is 11.5 Å². The number of hydrogen-bond donors (Lipinski definition) is 1. The number of nitrogens with zero attached hydrogens (tertiary/aromatic N) is 3. The van der Waals surface area contributed by atoms with Gasteiger partial charge in [0.15, 0.2) is 0 Å². The molecule has 1 amide bonds. The molecule has 0 radical (unpaired) electrons. The van der Waals surface area contributed by atoms with E-state index in [2.05, 4.69) is 15.5 Å². The summed E-state index contributed by atoms with van der Waals surface area (Å²) in [6.07, 6.45) is -4.47. The lowest BCUT2D eigenvalue weighted by molar-refractivity contribution is -0.385. The highest BCUT2D eigenvalue weighted by Gasteiger charge is 2.30. The molecule has 0 unspecified atom stereocenters. The van der Waals surface area contributed by atoms with Crippen LogP contribution in [0.1, 0.15) is 21.5 Å². The number of benzene rings is 2. The fourth-order valence-electron chi connectivity index (χ4n) is 2.31.